The highest BCUT2D eigenvalue weighted by molar-refractivity contribution is 6.01. The van der Waals surface area contributed by atoms with Gasteiger partial charge in [0, 0.05) is 29.8 Å². The van der Waals surface area contributed by atoms with Gasteiger partial charge >= 0.3 is 5.97 Å². The Kier molecular flexibility index (Phi) is 3.71. The predicted octanol–water partition coefficient (Wildman–Crippen LogP) is 0.760. The van der Waals surface area contributed by atoms with Crippen molar-refractivity contribution in [1.82, 2.24) is 10.2 Å². The number of carboxylic acids is 1. The zero-order chi connectivity index (χ0) is 13.3. The van der Waals surface area contributed by atoms with Crippen molar-refractivity contribution in [2.45, 2.75) is 45.2 Å². The molecule has 0 spiro atoms. The Hall–Kier alpha value is -1.36. The van der Waals surface area contributed by atoms with Crippen LogP contribution in [0.2, 0.25) is 0 Å². The highest BCUT2D eigenvalue weighted by Crippen LogP contribution is 2.28. The molecule has 0 aliphatic carbocycles. The van der Waals surface area contributed by atoms with Crippen LogP contribution < -0.4 is 5.32 Å². The summed E-state index contributed by atoms with van der Waals surface area (Å²) in [5.74, 6) is -1.27. The summed E-state index contributed by atoms with van der Waals surface area (Å²) in [5.41, 5.74) is 0.424. The third kappa shape index (κ3) is 2.41. The molecule has 100 valence electrons. The smallest absolute Gasteiger partial charge is 0.331 e. The number of rotatable bonds is 3. The summed E-state index contributed by atoms with van der Waals surface area (Å²) >= 11 is 0. The molecule has 1 amide bonds. The molecule has 2 saturated heterocycles. The zero-order valence-corrected chi connectivity index (χ0v) is 10.9. The highest BCUT2D eigenvalue weighted by Gasteiger charge is 2.37. The lowest BCUT2D eigenvalue weighted by molar-refractivity contribution is -0.133. The van der Waals surface area contributed by atoms with Gasteiger partial charge in [-0.1, -0.05) is 0 Å². The van der Waals surface area contributed by atoms with Gasteiger partial charge < -0.3 is 10.4 Å². The fourth-order valence-corrected chi connectivity index (χ4v) is 2.86. The summed E-state index contributed by atoms with van der Waals surface area (Å²) in [4.78, 5) is 25.2. The molecule has 0 aromatic rings. The van der Waals surface area contributed by atoms with Crippen molar-refractivity contribution in [2.24, 2.45) is 0 Å². The van der Waals surface area contributed by atoms with Gasteiger partial charge in [0.25, 0.3) is 0 Å². The lowest BCUT2D eigenvalue weighted by Gasteiger charge is -2.21. The number of hydrogen-bond donors (Lipinski definition) is 2. The van der Waals surface area contributed by atoms with Crippen LogP contribution in [0.4, 0.5) is 0 Å². The van der Waals surface area contributed by atoms with Crippen molar-refractivity contribution in [3.8, 4) is 0 Å². The quantitative estimate of drug-likeness (QED) is 0.728. The van der Waals surface area contributed by atoms with E-state index in [1.165, 1.54) is 13.3 Å². The molecule has 2 rings (SSSR count). The second-order valence-electron chi connectivity index (χ2n) is 5.17. The molecule has 2 fully saturated rings. The average molecular weight is 252 g/mol. The fourth-order valence-electron chi connectivity index (χ4n) is 2.86. The number of nitrogens with zero attached hydrogens (tertiary/aromatic N) is 1. The molecule has 0 saturated carbocycles. The molecule has 0 radical (unpaired) electrons. The Bertz CT molecular complexity index is 403. The van der Waals surface area contributed by atoms with Crippen molar-refractivity contribution in [1.29, 1.82) is 0 Å². The normalized spacial score (nSPS) is 28.8. The summed E-state index contributed by atoms with van der Waals surface area (Å²) in [5, 5.41) is 11.9. The van der Waals surface area contributed by atoms with Crippen LogP contribution in [-0.2, 0) is 9.59 Å². The summed E-state index contributed by atoms with van der Waals surface area (Å²) in [6, 6.07) is 0.628. The number of carbonyl (C=O) groups excluding carboxylic acids is 1. The van der Waals surface area contributed by atoms with Gasteiger partial charge in [0.15, 0.2) is 0 Å². The number of carbonyl (C=O) groups is 2. The highest BCUT2D eigenvalue weighted by atomic mass is 16.4. The van der Waals surface area contributed by atoms with Crippen LogP contribution in [0.5, 0.6) is 0 Å². The molecule has 2 aliphatic rings. The van der Waals surface area contributed by atoms with E-state index < -0.39 is 5.97 Å². The molecule has 2 heterocycles. The van der Waals surface area contributed by atoms with Crippen molar-refractivity contribution in [3.63, 3.8) is 0 Å². The Labute approximate surface area is 107 Å². The average Bonchev–Trinajstić information content (AvgIpc) is 2.91. The van der Waals surface area contributed by atoms with Crippen LogP contribution in [0, 0.1) is 0 Å². The Morgan fingerprint density at radius 3 is 2.56 bits per heavy atom. The van der Waals surface area contributed by atoms with Crippen molar-refractivity contribution >= 4 is 11.9 Å². The van der Waals surface area contributed by atoms with Gasteiger partial charge in [0.1, 0.15) is 0 Å². The maximum atomic E-state index is 12.0. The van der Waals surface area contributed by atoms with Gasteiger partial charge in [-0.05, 0) is 39.7 Å². The molecule has 0 aromatic heterocycles. The first-order valence-corrected chi connectivity index (χ1v) is 6.46. The molecular formula is C13H20N2O3. The fraction of sp³-hybridized carbons (Fsp3) is 0.692. The van der Waals surface area contributed by atoms with Gasteiger partial charge in [-0.15, -0.1) is 0 Å². The Morgan fingerprint density at radius 2 is 1.89 bits per heavy atom. The molecule has 5 nitrogen and oxygen atoms in total. The number of nitrogens with one attached hydrogen (secondary N) is 1. The number of aliphatic carboxylic acids is 1. The van der Waals surface area contributed by atoms with Crippen LogP contribution in [-0.4, -0.2) is 47.1 Å². The van der Waals surface area contributed by atoms with E-state index >= 15 is 0 Å². The van der Waals surface area contributed by atoms with Crippen LogP contribution in [0.25, 0.3) is 0 Å². The SMILES string of the molecule is CC(C(=O)O)=C(C)C(=O)NC1CCN2CCCC12. The molecule has 5 heteroatoms. The van der Waals surface area contributed by atoms with Gasteiger partial charge in [0.2, 0.25) is 5.91 Å². The van der Waals surface area contributed by atoms with Crippen LogP contribution in [0.1, 0.15) is 33.1 Å². The van der Waals surface area contributed by atoms with Gasteiger partial charge in [0.05, 0.1) is 0 Å². The largest absolute Gasteiger partial charge is 0.478 e. The minimum absolute atomic E-state index is 0.119. The monoisotopic (exact) mass is 252 g/mol. The van der Waals surface area contributed by atoms with Gasteiger partial charge in [-0.3, -0.25) is 9.69 Å². The molecule has 2 N–H and O–H groups in total. The first kappa shape index (κ1) is 13.1. The van der Waals surface area contributed by atoms with Gasteiger partial charge in [-0.25, -0.2) is 4.79 Å². The van der Waals surface area contributed by atoms with E-state index in [9.17, 15) is 9.59 Å². The van der Waals surface area contributed by atoms with E-state index in [-0.39, 0.29) is 17.5 Å². The minimum atomic E-state index is -1.03. The number of carboxylic acid groups (broad SMARTS) is 1. The summed E-state index contributed by atoms with van der Waals surface area (Å²) < 4.78 is 0. The maximum absolute atomic E-state index is 12.0. The van der Waals surface area contributed by atoms with Crippen molar-refractivity contribution in [2.75, 3.05) is 13.1 Å². The van der Waals surface area contributed by atoms with E-state index in [0.29, 0.717) is 11.6 Å². The lowest BCUT2D eigenvalue weighted by atomic mass is 10.1. The predicted molar refractivity (Wildman–Crippen MR) is 67.2 cm³/mol. The summed E-state index contributed by atoms with van der Waals surface area (Å²) in [6.45, 7) is 5.20. The topological polar surface area (TPSA) is 69.6 Å². The lowest BCUT2D eigenvalue weighted by Crippen LogP contribution is -2.42. The van der Waals surface area contributed by atoms with Crippen LogP contribution in [0.15, 0.2) is 11.1 Å². The van der Waals surface area contributed by atoms with E-state index in [1.807, 2.05) is 0 Å². The third-order valence-corrected chi connectivity index (χ3v) is 4.15. The molecule has 2 atom stereocenters. The third-order valence-electron chi connectivity index (χ3n) is 4.15. The summed E-state index contributed by atoms with van der Waals surface area (Å²) in [6.07, 6.45) is 3.29. The minimum Gasteiger partial charge on any atom is -0.478 e. The molecule has 0 bridgehead atoms. The van der Waals surface area contributed by atoms with E-state index in [1.54, 1.807) is 6.92 Å². The first-order valence-electron chi connectivity index (χ1n) is 6.46. The van der Waals surface area contributed by atoms with Gasteiger partial charge in [-0.2, -0.15) is 0 Å². The van der Waals surface area contributed by atoms with Crippen LogP contribution in [0.3, 0.4) is 0 Å². The van der Waals surface area contributed by atoms with Crippen molar-refractivity contribution in [3.05, 3.63) is 11.1 Å². The maximum Gasteiger partial charge on any atom is 0.331 e. The molecule has 18 heavy (non-hydrogen) atoms. The van der Waals surface area contributed by atoms with Crippen LogP contribution >= 0.6 is 0 Å². The summed E-state index contributed by atoms with van der Waals surface area (Å²) in [7, 11) is 0. The first-order chi connectivity index (χ1) is 8.50. The second kappa shape index (κ2) is 5.10. The van der Waals surface area contributed by atoms with E-state index in [0.717, 1.165) is 25.9 Å². The van der Waals surface area contributed by atoms with Crippen molar-refractivity contribution < 1.29 is 14.7 Å². The van der Waals surface area contributed by atoms with E-state index in [4.69, 9.17) is 5.11 Å². The molecule has 2 unspecified atom stereocenters. The standard InChI is InChI=1S/C13H20N2O3/c1-8(9(2)13(17)18)12(16)14-10-5-7-15-6-3-4-11(10)15/h10-11H,3-7H2,1-2H3,(H,14,16)(H,17,18). The zero-order valence-electron chi connectivity index (χ0n) is 10.9. The molecular weight excluding hydrogens is 232 g/mol. The Balaban J connectivity index is 2.00. The number of hydrogen-bond acceptors (Lipinski definition) is 3. The number of amides is 1. The Morgan fingerprint density at radius 1 is 1.17 bits per heavy atom. The number of fused-ring (bicyclic) bond motifs is 1. The van der Waals surface area contributed by atoms with E-state index in [2.05, 4.69) is 10.2 Å². The molecule has 0 aromatic carbocycles. The molecule has 2 aliphatic heterocycles. The second-order valence-corrected chi connectivity index (χ2v) is 5.17.